The summed E-state index contributed by atoms with van der Waals surface area (Å²) in [6, 6.07) is 0. The highest BCUT2D eigenvalue weighted by atomic mass is 16.1. The molecule has 2 heterocycles. The lowest BCUT2D eigenvalue weighted by atomic mass is 10.1. The van der Waals surface area contributed by atoms with Crippen molar-refractivity contribution in [2.75, 3.05) is 42.6 Å². The molecule has 1 aliphatic rings. The highest BCUT2D eigenvalue weighted by molar-refractivity contribution is 5.75. The lowest BCUT2D eigenvalue weighted by Gasteiger charge is -2.26. The van der Waals surface area contributed by atoms with Crippen molar-refractivity contribution in [1.82, 2.24) is 20.3 Å². The van der Waals surface area contributed by atoms with E-state index in [1.807, 2.05) is 0 Å². The maximum Gasteiger partial charge on any atom is 0.231 e. The van der Waals surface area contributed by atoms with Crippen molar-refractivity contribution in [3.05, 3.63) is 0 Å². The lowest BCUT2D eigenvalue weighted by Crippen LogP contribution is -2.31. The van der Waals surface area contributed by atoms with E-state index in [-0.39, 0.29) is 11.9 Å². The molecule has 2 rings (SSSR count). The fraction of sp³-hybridized carbons (Fsp3) is 0.667. The van der Waals surface area contributed by atoms with Crippen LogP contribution in [0, 0.1) is 0 Å². The van der Waals surface area contributed by atoms with Gasteiger partial charge < -0.3 is 21.3 Å². The summed E-state index contributed by atoms with van der Waals surface area (Å²) in [6.45, 7) is 2.35. The van der Waals surface area contributed by atoms with Gasteiger partial charge in [-0.2, -0.15) is 15.0 Å². The van der Waals surface area contributed by atoms with Crippen molar-refractivity contribution in [2.24, 2.45) is 0 Å². The molecule has 1 amide bonds. The number of hydrogen-bond donors (Lipinski definition) is 3. The maximum atomic E-state index is 11.1. The summed E-state index contributed by atoms with van der Waals surface area (Å²) in [4.78, 5) is 25.8. The summed E-state index contributed by atoms with van der Waals surface area (Å²) >= 11 is 0. The van der Waals surface area contributed by atoms with E-state index >= 15 is 0 Å². The van der Waals surface area contributed by atoms with Gasteiger partial charge in [-0.3, -0.25) is 4.79 Å². The molecule has 0 spiro atoms. The van der Waals surface area contributed by atoms with Gasteiger partial charge in [-0.25, -0.2) is 0 Å². The van der Waals surface area contributed by atoms with E-state index in [2.05, 4.69) is 30.5 Å². The molecule has 1 fully saturated rings. The van der Waals surface area contributed by atoms with Gasteiger partial charge in [0.15, 0.2) is 0 Å². The minimum atomic E-state index is -0.0317. The number of carbonyl (C=O) groups excluding carboxylic acids is 1. The number of nitrogen functional groups attached to an aromatic ring is 1. The smallest absolute Gasteiger partial charge is 0.231 e. The molecule has 0 saturated carbocycles. The molecule has 1 aromatic heterocycles. The first-order chi connectivity index (χ1) is 9.69. The van der Waals surface area contributed by atoms with Crippen LogP contribution >= 0.6 is 0 Å². The number of nitrogens with one attached hydrogen (secondary N) is 2. The van der Waals surface area contributed by atoms with Crippen molar-refractivity contribution in [1.29, 1.82) is 0 Å². The molecule has 4 N–H and O–H groups in total. The van der Waals surface area contributed by atoms with Crippen molar-refractivity contribution < 1.29 is 4.79 Å². The van der Waals surface area contributed by atoms with Gasteiger partial charge in [0.05, 0.1) is 0 Å². The van der Waals surface area contributed by atoms with Crippen LogP contribution in [0.15, 0.2) is 0 Å². The van der Waals surface area contributed by atoms with Gasteiger partial charge in [-0.1, -0.05) is 0 Å². The number of piperidine rings is 1. The second-order valence-corrected chi connectivity index (χ2v) is 4.71. The molecule has 1 saturated heterocycles. The van der Waals surface area contributed by atoms with Gasteiger partial charge in [0.25, 0.3) is 0 Å². The minimum absolute atomic E-state index is 0.0317. The Morgan fingerprint density at radius 3 is 2.70 bits per heavy atom. The molecule has 0 unspecified atom stereocenters. The molecular weight excluding hydrogens is 258 g/mol. The Morgan fingerprint density at radius 2 is 2.00 bits per heavy atom. The molecule has 0 radical (unpaired) electrons. The van der Waals surface area contributed by atoms with Crippen molar-refractivity contribution >= 4 is 23.8 Å². The van der Waals surface area contributed by atoms with E-state index in [4.69, 9.17) is 5.73 Å². The average Bonchev–Trinajstić information content (AvgIpc) is 2.47. The highest BCUT2D eigenvalue weighted by Crippen LogP contribution is 2.17. The molecule has 1 aliphatic heterocycles. The Bertz CT molecular complexity index is 459. The second-order valence-electron chi connectivity index (χ2n) is 4.71. The summed E-state index contributed by atoms with van der Waals surface area (Å²) in [6.07, 6.45) is 3.89. The monoisotopic (exact) mass is 279 g/mol. The minimum Gasteiger partial charge on any atom is -0.368 e. The number of carbonyl (C=O) groups is 1. The SMILES string of the molecule is CNC(=O)CCNc1nc(N)nc(N2CCCCC2)n1. The Balaban J connectivity index is 1.98. The Hall–Kier alpha value is -2.12. The standard InChI is InChI=1S/C12H21N7O/c1-14-9(20)5-6-15-11-16-10(13)17-12(18-11)19-7-3-2-4-8-19/h2-8H2,1H3,(H,14,20)(H3,13,15,16,17,18). The highest BCUT2D eigenvalue weighted by Gasteiger charge is 2.15. The molecule has 1 aromatic rings. The Morgan fingerprint density at radius 1 is 1.25 bits per heavy atom. The van der Waals surface area contributed by atoms with Crippen LogP contribution in [0.5, 0.6) is 0 Å². The third kappa shape index (κ3) is 3.94. The molecule has 8 nitrogen and oxygen atoms in total. The van der Waals surface area contributed by atoms with Gasteiger partial charge in [0, 0.05) is 33.1 Å². The van der Waals surface area contributed by atoms with E-state index in [9.17, 15) is 4.79 Å². The number of hydrogen-bond acceptors (Lipinski definition) is 7. The van der Waals surface area contributed by atoms with Gasteiger partial charge in [0.2, 0.25) is 23.8 Å². The van der Waals surface area contributed by atoms with Crippen LogP contribution in [0.3, 0.4) is 0 Å². The largest absolute Gasteiger partial charge is 0.368 e. The number of anilines is 3. The molecule has 110 valence electrons. The van der Waals surface area contributed by atoms with Crippen LogP contribution in [0.4, 0.5) is 17.8 Å². The predicted octanol–water partition coefficient (Wildman–Crippen LogP) is -0.00790. The topological polar surface area (TPSA) is 109 Å². The number of aromatic nitrogens is 3. The number of nitrogens with zero attached hydrogens (tertiary/aromatic N) is 4. The van der Waals surface area contributed by atoms with Gasteiger partial charge >= 0.3 is 0 Å². The second kappa shape index (κ2) is 6.88. The summed E-state index contributed by atoms with van der Waals surface area (Å²) < 4.78 is 0. The number of nitrogens with two attached hydrogens (primary N) is 1. The zero-order valence-electron chi connectivity index (χ0n) is 11.7. The van der Waals surface area contributed by atoms with Crippen LogP contribution in [-0.2, 0) is 4.79 Å². The lowest BCUT2D eigenvalue weighted by molar-refractivity contribution is -0.120. The predicted molar refractivity (Wildman–Crippen MR) is 77.5 cm³/mol. The molecule has 0 aromatic carbocycles. The average molecular weight is 279 g/mol. The third-order valence-electron chi connectivity index (χ3n) is 3.19. The summed E-state index contributed by atoms with van der Waals surface area (Å²) in [5.74, 6) is 1.19. The molecule has 0 aliphatic carbocycles. The van der Waals surface area contributed by atoms with Gasteiger partial charge in [-0.05, 0) is 19.3 Å². The molecular formula is C12H21N7O. The summed E-state index contributed by atoms with van der Waals surface area (Å²) in [7, 11) is 1.61. The Labute approximate surface area is 118 Å². The quantitative estimate of drug-likeness (QED) is 0.695. The zero-order valence-corrected chi connectivity index (χ0v) is 11.7. The fourth-order valence-corrected chi connectivity index (χ4v) is 2.11. The van der Waals surface area contributed by atoms with E-state index in [1.54, 1.807) is 7.05 Å². The summed E-state index contributed by atoms with van der Waals surface area (Å²) in [5, 5.41) is 5.56. The third-order valence-corrected chi connectivity index (χ3v) is 3.19. The van der Waals surface area contributed by atoms with Gasteiger partial charge in [0.1, 0.15) is 0 Å². The van der Waals surface area contributed by atoms with Crippen LogP contribution in [0.25, 0.3) is 0 Å². The van der Waals surface area contributed by atoms with Crippen molar-refractivity contribution in [3.8, 4) is 0 Å². The van der Waals surface area contributed by atoms with E-state index in [0.717, 1.165) is 25.9 Å². The number of amides is 1. The molecule has 20 heavy (non-hydrogen) atoms. The van der Waals surface area contributed by atoms with E-state index < -0.39 is 0 Å². The van der Waals surface area contributed by atoms with E-state index in [1.165, 1.54) is 6.42 Å². The van der Waals surface area contributed by atoms with Crippen molar-refractivity contribution in [3.63, 3.8) is 0 Å². The summed E-state index contributed by atoms with van der Waals surface area (Å²) in [5.41, 5.74) is 5.72. The first-order valence-electron chi connectivity index (χ1n) is 6.90. The van der Waals surface area contributed by atoms with Crippen molar-refractivity contribution in [2.45, 2.75) is 25.7 Å². The van der Waals surface area contributed by atoms with E-state index in [0.29, 0.717) is 24.9 Å². The first kappa shape index (κ1) is 14.3. The van der Waals surface area contributed by atoms with Crippen LogP contribution in [-0.4, -0.2) is 47.5 Å². The molecule has 0 atom stereocenters. The maximum absolute atomic E-state index is 11.1. The zero-order chi connectivity index (χ0) is 14.4. The Kier molecular flexibility index (Phi) is 4.91. The van der Waals surface area contributed by atoms with Gasteiger partial charge in [-0.15, -0.1) is 0 Å². The number of rotatable bonds is 5. The first-order valence-corrected chi connectivity index (χ1v) is 6.90. The normalized spacial score (nSPS) is 14.9. The van der Waals surface area contributed by atoms with Crippen LogP contribution < -0.4 is 21.3 Å². The van der Waals surface area contributed by atoms with Crippen LogP contribution in [0.1, 0.15) is 25.7 Å². The molecule has 0 bridgehead atoms. The van der Waals surface area contributed by atoms with Crippen LogP contribution in [0.2, 0.25) is 0 Å². The molecule has 8 heteroatoms. The fourth-order valence-electron chi connectivity index (χ4n) is 2.11.